The fourth-order valence-corrected chi connectivity index (χ4v) is 2.09. The molecule has 88 valence electrons. The maximum atomic E-state index is 10.8. The van der Waals surface area contributed by atoms with Gasteiger partial charge in [0.2, 0.25) is 0 Å². The van der Waals surface area contributed by atoms with Gasteiger partial charge in [-0.1, -0.05) is 6.07 Å². The molecule has 0 unspecified atom stereocenters. The van der Waals surface area contributed by atoms with E-state index in [0.29, 0.717) is 5.56 Å². The summed E-state index contributed by atoms with van der Waals surface area (Å²) in [5.41, 5.74) is 1.42. The molecule has 17 heavy (non-hydrogen) atoms. The fraction of sp³-hybridized carbons (Fsp3) is 0.167. The molecule has 0 amide bonds. The predicted molar refractivity (Wildman–Crippen MR) is 67.0 cm³/mol. The summed E-state index contributed by atoms with van der Waals surface area (Å²) in [6.07, 6.45) is 6.00. The Morgan fingerprint density at radius 3 is 2.94 bits per heavy atom. The number of aromatic carboxylic acids is 1. The molecule has 0 aromatic carbocycles. The van der Waals surface area contributed by atoms with Gasteiger partial charge < -0.3 is 9.67 Å². The summed E-state index contributed by atoms with van der Waals surface area (Å²) in [7, 11) is 0. The van der Waals surface area contributed by atoms with Crippen LogP contribution in [-0.4, -0.2) is 20.6 Å². The van der Waals surface area contributed by atoms with Crippen molar-refractivity contribution in [3.05, 3.63) is 52.5 Å². The van der Waals surface area contributed by atoms with Crippen molar-refractivity contribution in [1.29, 1.82) is 0 Å². The van der Waals surface area contributed by atoms with Crippen LogP contribution in [0, 0.1) is 0 Å². The molecule has 0 aliphatic heterocycles. The van der Waals surface area contributed by atoms with Crippen molar-refractivity contribution in [3.63, 3.8) is 0 Å². The minimum Gasteiger partial charge on any atom is -0.478 e. The molecule has 2 aromatic rings. The summed E-state index contributed by atoms with van der Waals surface area (Å²) in [4.78, 5) is 14.8. The first-order valence-electron chi connectivity index (χ1n) is 5.14. The minimum atomic E-state index is -0.911. The van der Waals surface area contributed by atoms with Gasteiger partial charge in [0.25, 0.3) is 0 Å². The lowest BCUT2D eigenvalue weighted by molar-refractivity contribution is 0.0697. The smallest absolute Gasteiger partial charge is 0.337 e. The van der Waals surface area contributed by atoms with E-state index in [1.807, 2.05) is 22.9 Å². The molecule has 0 saturated carbocycles. The molecule has 0 aliphatic rings. The Morgan fingerprint density at radius 2 is 2.35 bits per heavy atom. The Labute approximate surface area is 107 Å². The van der Waals surface area contributed by atoms with E-state index in [4.69, 9.17) is 5.11 Å². The van der Waals surface area contributed by atoms with Crippen molar-refractivity contribution in [2.75, 3.05) is 0 Å². The highest BCUT2D eigenvalue weighted by atomic mass is 79.9. The number of hydrogen-bond acceptors (Lipinski definition) is 2. The Bertz CT molecular complexity index is 523. The summed E-state index contributed by atoms with van der Waals surface area (Å²) in [5, 5.41) is 8.86. The number of rotatable bonds is 4. The van der Waals surface area contributed by atoms with Crippen LogP contribution in [0.4, 0.5) is 0 Å². The first kappa shape index (κ1) is 11.9. The highest BCUT2D eigenvalue weighted by Gasteiger charge is 2.08. The third-order valence-electron chi connectivity index (χ3n) is 2.46. The van der Waals surface area contributed by atoms with Crippen LogP contribution in [0.15, 0.2) is 41.4 Å². The topological polar surface area (TPSA) is 55.1 Å². The van der Waals surface area contributed by atoms with Crippen LogP contribution in [0.2, 0.25) is 0 Å². The molecule has 4 nitrogen and oxygen atoms in total. The number of aryl methyl sites for hydroxylation is 2. The maximum absolute atomic E-state index is 10.8. The number of halogens is 1. The van der Waals surface area contributed by atoms with Gasteiger partial charge in [0.05, 0.1) is 10.2 Å². The van der Waals surface area contributed by atoms with Gasteiger partial charge in [-0.05, 0) is 40.0 Å². The van der Waals surface area contributed by atoms with E-state index in [9.17, 15) is 4.79 Å². The van der Waals surface area contributed by atoms with E-state index in [-0.39, 0.29) is 0 Å². The average Bonchev–Trinajstić information content (AvgIpc) is 2.70. The largest absolute Gasteiger partial charge is 0.478 e. The van der Waals surface area contributed by atoms with Crippen LogP contribution >= 0.6 is 15.9 Å². The fourth-order valence-electron chi connectivity index (χ4n) is 1.56. The maximum Gasteiger partial charge on any atom is 0.337 e. The highest BCUT2D eigenvalue weighted by molar-refractivity contribution is 9.10. The van der Waals surface area contributed by atoms with Crippen LogP contribution in [0.25, 0.3) is 0 Å². The second-order valence-electron chi connectivity index (χ2n) is 3.66. The second-order valence-corrected chi connectivity index (χ2v) is 4.47. The Hall–Kier alpha value is -1.62. The van der Waals surface area contributed by atoms with E-state index >= 15 is 0 Å². The van der Waals surface area contributed by atoms with Gasteiger partial charge in [-0.3, -0.25) is 4.98 Å². The van der Waals surface area contributed by atoms with Gasteiger partial charge in [-0.15, -0.1) is 0 Å². The van der Waals surface area contributed by atoms with Crippen LogP contribution in [0.3, 0.4) is 0 Å². The SMILES string of the molecule is O=C(O)c1cc(Br)n(CCc2cccnc2)c1. The molecule has 0 saturated heterocycles. The molecule has 0 fully saturated rings. The summed E-state index contributed by atoms with van der Waals surface area (Å²) >= 11 is 3.34. The van der Waals surface area contributed by atoms with Gasteiger partial charge in [-0.2, -0.15) is 0 Å². The number of nitrogens with zero attached hydrogens (tertiary/aromatic N) is 2. The zero-order chi connectivity index (χ0) is 12.3. The van der Waals surface area contributed by atoms with Crippen LogP contribution in [0.5, 0.6) is 0 Å². The second kappa shape index (κ2) is 5.14. The summed E-state index contributed by atoms with van der Waals surface area (Å²) in [6, 6.07) is 5.50. The van der Waals surface area contributed by atoms with E-state index in [0.717, 1.165) is 23.1 Å². The average molecular weight is 295 g/mol. The summed E-state index contributed by atoms with van der Waals surface area (Å²) in [5.74, 6) is -0.911. The van der Waals surface area contributed by atoms with Crippen molar-refractivity contribution < 1.29 is 9.90 Å². The van der Waals surface area contributed by atoms with Gasteiger partial charge in [-0.25, -0.2) is 4.79 Å². The number of carboxylic acid groups (broad SMARTS) is 1. The lowest BCUT2D eigenvalue weighted by Crippen LogP contribution is -2.01. The van der Waals surface area contributed by atoms with E-state index in [1.54, 1.807) is 18.5 Å². The molecule has 2 rings (SSSR count). The Kier molecular flexibility index (Phi) is 3.58. The quantitative estimate of drug-likeness (QED) is 0.943. The number of pyridine rings is 1. The summed E-state index contributed by atoms with van der Waals surface area (Å²) in [6.45, 7) is 0.722. The first-order chi connectivity index (χ1) is 8.16. The number of carboxylic acids is 1. The predicted octanol–water partition coefficient (Wildman–Crippen LogP) is 2.59. The van der Waals surface area contributed by atoms with Crippen LogP contribution in [0.1, 0.15) is 15.9 Å². The first-order valence-corrected chi connectivity index (χ1v) is 5.94. The van der Waals surface area contributed by atoms with Gasteiger partial charge >= 0.3 is 5.97 Å². The molecule has 0 aliphatic carbocycles. The van der Waals surface area contributed by atoms with Gasteiger partial charge in [0, 0.05) is 25.1 Å². The van der Waals surface area contributed by atoms with Crippen LogP contribution < -0.4 is 0 Å². The minimum absolute atomic E-state index is 0.295. The molecule has 0 atom stereocenters. The molecule has 0 bridgehead atoms. The van der Waals surface area contributed by atoms with E-state index in [1.165, 1.54) is 0 Å². The number of hydrogen-bond donors (Lipinski definition) is 1. The van der Waals surface area contributed by atoms with Crippen LogP contribution in [-0.2, 0) is 13.0 Å². The molecule has 0 spiro atoms. The lowest BCUT2D eigenvalue weighted by Gasteiger charge is -2.04. The van der Waals surface area contributed by atoms with Crippen molar-refractivity contribution in [2.45, 2.75) is 13.0 Å². The van der Waals surface area contributed by atoms with Crippen molar-refractivity contribution >= 4 is 21.9 Å². The molecular formula is C12H11BrN2O2. The monoisotopic (exact) mass is 294 g/mol. The molecular weight excluding hydrogens is 284 g/mol. The normalized spacial score (nSPS) is 10.4. The number of carbonyl (C=O) groups is 1. The standard InChI is InChI=1S/C12H11BrN2O2/c13-11-6-10(12(16)17)8-15(11)5-3-9-2-1-4-14-7-9/h1-2,4,6-8H,3,5H2,(H,16,17). The third-order valence-corrected chi connectivity index (χ3v) is 3.14. The zero-order valence-electron chi connectivity index (χ0n) is 9.01. The Balaban J connectivity index is 2.07. The van der Waals surface area contributed by atoms with Crippen molar-refractivity contribution in [1.82, 2.24) is 9.55 Å². The highest BCUT2D eigenvalue weighted by Crippen LogP contribution is 2.16. The molecule has 5 heteroatoms. The molecule has 1 N–H and O–H groups in total. The number of aromatic nitrogens is 2. The molecule has 2 heterocycles. The van der Waals surface area contributed by atoms with E-state index < -0.39 is 5.97 Å². The molecule has 2 aromatic heterocycles. The lowest BCUT2D eigenvalue weighted by atomic mass is 10.2. The zero-order valence-corrected chi connectivity index (χ0v) is 10.6. The van der Waals surface area contributed by atoms with E-state index in [2.05, 4.69) is 20.9 Å². The van der Waals surface area contributed by atoms with Gasteiger partial charge in [0.15, 0.2) is 0 Å². The molecule has 0 radical (unpaired) electrons. The summed E-state index contributed by atoms with van der Waals surface area (Å²) < 4.78 is 2.65. The van der Waals surface area contributed by atoms with Gasteiger partial charge in [0.1, 0.15) is 0 Å². The third kappa shape index (κ3) is 2.94. The van der Waals surface area contributed by atoms with Crippen molar-refractivity contribution in [3.8, 4) is 0 Å². The Morgan fingerprint density at radius 1 is 1.53 bits per heavy atom. The van der Waals surface area contributed by atoms with Crippen molar-refractivity contribution in [2.24, 2.45) is 0 Å².